The molecule has 1 fully saturated rings. The predicted octanol–water partition coefficient (Wildman–Crippen LogP) is 3.29. The molecular weight excluding hydrogens is 506 g/mol. The van der Waals surface area contributed by atoms with Gasteiger partial charge in [-0.3, -0.25) is 19.3 Å². The van der Waals surface area contributed by atoms with E-state index in [1.807, 2.05) is 34.6 Å². The Hall–Kier alpha value is -1.43. The van der Waals surface area contributed by atoms with Gasteiger partial charge in [0.25, 0.3) is 0 Å². The number of rotatable bonds is 24. The molecule has 10 nitrogen and oxygen atoms in total. The summed E-state index contributed by atoms with van der Waals surface area (Å²) in [6.45, 7) is 17.6. The zero-order valence-corrected chi connectivity index (χ0v) is 25.2. The number of nitrogens with zero attached hydrogens (tertiary/aromatic N) is 1. The second-order valence-electron chi connectivity index (χ2n) is 11.5. The summed E-state index contributed by atoms with van der Waals surface area (Å²) in [6.07, 6.45) is 2.63. The first-order valence-electron chi connectivity index (χ1n) is 14.3. The van der Waals surface area contributed by atoms with E-state index >= 15 is 0 Å². The van der Waals surface area contributed by atoms with Crippen molar-refractivity contribution in [3.05, 3.63) is 0 Å². The van der Waals surface area contributed by atoms with Crippen LogP contribution in [0.2, 0.25) is 0 Å². The minimum absolute atomic E-state index is 0.0987. The van der Waals surface area contributed by atoms with Crippen molar-refractivity contribution in [2.24, 2.45) is 16.7 Å². The maximum Gasteiger partial charge on any atom is 0.233 e. The van der Waals surface area contributed by atoms with Crippen LogP contribution in [0.3, 0.4) is 0 Å². The quantitative estimate of drug-likeness (QED) is 0.130. The van der Waals surface area contributed by atoms with Crippen molar-refractivity contribution in [3.63, 3.8) is 0 Å². The van der Waals surface area contributed by atoms with E-state index in [1.165, 1.54) is 4.90 Å². The van der Waals surface area contributed by atoms with Crippen molar-refractivity contribution in [1.29, 1.82) is 0 Å². The third-order valence-corrected chi connectivity index (χ3v) is 6.71. The molecule has 2 amide bonds. The molecule has 1 heterocycles. The molecule has 0 aromatic rings. The Morgan fingerprint density at radius 2 is 1.13 bits per heavy atom. The zero-order valence-electron chi connectivity index (χ0n) is 25.2. The van der Waals surface area contributed by atoms with Crippen molar-refractivity contribution >= 4 is 17.6 Å². The normalized spacial score (nSPS) is 16.5. The van der Waals surface area contributed by atoms with Crippen LogP contribution in [-0.2, 0) is 42.8 Å². The molecule has 1 saturated heterocycles. The summed E-state index contributed by atoms with van der Waals surface area (Å²) in [6, 6.07) is 0. The molecule has 0 radical (unpaired) electrons. The largest absolute Gasteiger partial charge is 0.379 e. The average molecular weight is 560 g/mol. The summed E-state index contributed by atoms with van der Waals surface area (Å²) in [5, 5.41) is 0. The molecule has 0 aromatic carbocycles. The maximum atomic E-state index is 12.4. The van der Waals surface area contributed by atoms with E-state index in [0.717, 1.165) is 12.8 Å². The van der Waals surface area contributed by atoms with E-state index < -0.39 is 0 Å². The van der Waals surface area contributed by atoms with Crippen molar-refractivity contribution < 1.29 is 42.8 Å². The number of carbonyl (C=O) groups excluding carboxylic acids is 3. The van der Waals surface area contributed by atoms with Gasteiger partial charge in [-0.2, -0.15) is 0 Å². The van der Waals surface area contributed by atoms with Gasteiger partial charge in [-0.15, -0.1) is 0 Å². The molecule has 1 rings (SSSR count). The highest BCUT2D eigenvalue weighted by Crippen LogP contribution is 2.35. The molecule has 1 atom stereocenters. The van der Waals surface area contributed by atoms with E-state index in [9.17, 15) is 14.4 Å². The second-order valence-corrected chi connectivity index (χ2v) is 11.5. The summed E-state index contributed by atoms with van der Waals surface area (Å²) in [5.41, 5.74) is -0.485. The predicted molar refractivity (Wildman–Crippen MR) is 148 cm³/mol. The van der Waals surface area contributed by atoms with E-state index in [1.54, 1.807) is 0 Å². The number of amides is 2. The van der Waals surface area contributed by atoms with Crippen LogP contribution >= 0.6 is 0 Å². The summed E-state index contributed by atoms with van der Waals surface area (Å²) in [5.74, 6) is -0.224. The molecule has 1 aliphatic heterocycles. The van der Waals surface area contributed by atoms with Gasteiger partial charge in [0, 0.05) is 18.3 Å². The lowest BCUT2D eigenvalue weighted by Crippen LogP contribution is -2.36. The summed E-state index contributed by atoms with van der Waals surface area (Å²) in [7, 11) is 0. The van der Waals surface area contributed by atoms with Gasteiger partial charge in [0.15, 0.2) is 0 Å². The molecule has 0 N–H and O–H groups in total. The fourth-order valence-electron chi connectivity index (χ4n) is 4.22. The Bertz CT molecular complexity index is 705. The Morgan fingerprint density at radius 3 is 1.51 bits per heavy atom. The average Bonchev–Trinajstić information content (AvgIpc) is 3.16. The molecule has 0 spiro atoms. The maximum absolute atomic E-state index is 12.4. The number of hydrogen-bond acceptors (Lipinski definition) is 9. The molecule has 228 valence electrons. The third-order valence-electron chi connectivity index (χ3n) is 6.71. The van der Waals surface area contributed by atoms with Gasteiger partial charge in [-0.25, -0.2) is 0 Å². The Kier molecular flexibility index (Phi) is 17.9. The van der Waals surface area contributed by atoms with Gasteiger partial charge in [-0.1, -0.05) is 48.0 Å². The standard InChI is InChI=1S/C29H53NO9/c1-7-9-29(5,6)25(31)8-11-34-13-15-36-17-19-38-21-22-39-20-18-37-16-14-35-12-10-30-26(32)23-24(27(30)33)28(2,3)4/h24H,7-23H2,1-6H3. The fourth-order valence-corrected chi connectivity index (χ4v) is 4.22. The monoisotopic (exact) mass is 559 g/mol. The van der Waals surface area contributed by atoms with Gasteiger partial charge in [0.05, 0.1) is 91.7 Å². The smallest absolute Gasteiger partial charge is 0.233 e. The van der Waals surface area contributed by atoms with Crippen LogP contribution in [0.1, 0.15) is 67.2 Å². The van der Waals surface area contributed by atoms with Gasteiger partial charge in [-0.05, 0) is 11.8 Å². The summed E-state index contributed by atoms with van der Waals surface area (Å²) in [4.78, 5) is 38.0. The second kappa shape index (κ2) is 19.6. The van der Waals surface area contributed by atoms with Crippen molar-refractivity contribution in [2.75, 3.05) is 85.8 Å². The highest BCUT2D eigenvalue weighted by molar-refractivity contribution is 6.03. The number of ketones is 1. The Balaban J connectivity index is 1.82. The van der Waals surface area contributed by atoms with Gasteiger partial charge >= 0.3 is 0 Å². The highest BCUT2D eigenvalue weighted by Gasteiger charge is 2.44. The Morgan fingerprint density at radius 1 is 0.718 bits per heavy atom. The Labute approximate surface area is 235 Å². The van der Waals surface area contributed by atoms with Crippen LogP contribution in [0, 0.1) is 16.7 Å². The van der Waals surface area contributed by atoms with Crippen LogP contribution in [-0.4, -0.2) is 108 Å². The molecule has 1 unspecified atom stereocenters. The van der Waals surface area contributed by atoms with Crippen molar-refractivity contribution in [2.45, 2.75) is 67.2 Å². The van der Waals surface area contributed by atoms with Crippen molar-refractivity contribution in [1.82, 2.24) is 4.90 Å². The number of ether oxygens (including phenoxy) is 6. The number of Topliss-reactive ketones (excluding diaryl/α,β-unsaturated/α-hetero) is 1. The minimum atomic E-state index is -0.268. The molecule has 1 aliphatic rings. The molecule has 39 heavy (non-hydrogen) atoms. The first kappa shape index (κ1) is 35.6. The van der Waals surface area contributed by atoms with E-state index in [0.29, 0.717) is 85.7 Å². The molecule has 0 saturated carbocycles. The number of imide groups is 1. The van der Waals surface area contributed by atoms with Crippen LogP contribution < -0.4 is 0 Å². The molecular formula is C29H53NO9. The van der Waals surface area contributed by atoms with Gasteiger partial charge in [0.2, 0.25) is 11.8 Å². The van der Waals surface area contributed by atoms with Gasteiger partial charge < -0.3 is 28.4 Å². The lowest BCUT2D eigenvalue weighted by Gasteiger charge is -2.24. The number of hydrogen-bond donors (Lipinski definition) is 0. The first-order chi connectivity index (χ1) is 18.5. The van der Waals surface area contributed by atoms with Crippen LogP contribution in [0.5, 0.6) is 0 Å². The van der Waals surface area contributed by atoms with Crippen LogP contribution in [0.4, 0.5) is 0 Å². The van der Waals surface area contributed by atoms with Gasteiger partial charge in [0.1, 0.15) is 5.78 Å². The fraction of sp³-hybridized carbons (Fsp3) is 0.897. The lowest BCUT2D eigenvalue weighted by molar-refractivity contribution is -0.141. The van der Waals surface area contributed by atoms with Crippen LogP contribution in [0.25, 0.3) is 0 Å². The first-order valence-corrected chi connectivity index (χ1v) is 14.3. The topological polar surface area (TPSA) is 110 Å². The molecule has 0 aliphatic carbocycles. The highest BCUT2D eigenvalue weighted by atomic mass is 16.6. The van der Waals surface area contributed by atoms with E-state index in [-0.39, 0.29) is 47.3 Å². The summed E-state index contributed by atoms with van der Waals surface area (Å²) >= 11 is 0. The van der Waals surface area contributed by atoms with E-state index in [2.05, 4.69) is 6.92 Å². The number of likely N-dealkylation sites (tertiary alicyclic amines) is 1. The van der Waals surface area contributed by atoms with Crippen molar-refractivity contribution in [3.8, 4) is 0 Å². The molecule has 0 aromatic heterocycles. The van der Waals surface area contributed by atoms with E-state index in [4.69, 9.17) is 28.4 Å². The SMILES string of the molecule is CCCC(C)(C)C(=O)CCOCCOCCOCCOCCOCCOCCN1C(=O)CC(C(C)(C)C)C1=O. The minimum Gasteiger partial charge on any atom is -0.379 e. The molecule has 10 heteroatoms. The molecule has 0 bridgehead atoms. The number of carbonyl (C=O) groups is 3. The lowest BCUT2D eigenvalue weighted by atomic mass is 9.80. The third kappa shape index (κ3) is 15.2. The van der Waals surface area contributed by atoms with Crippen LogP contribution in [0.15, 0.2) is 0 Å². The zero-order chi connectivity index (χ0) is 29.2. The summed E-state index contributed by atoms with van der Waals surface area (Å²) < 4.78 is 32.8.